The first kappa shape index (κ1) is 12.6. The highest BCUT2D eigenvalue weighted by atomic mass is 32.2. The number of halogens is 2. The quantitative estimate of drug-likeness (QED) is 0.917. The van der Waals surface area contributed by atoms with Gasteiger partial charge in [0.1, 0.15) is 0 Å². The Labute approximate surface area is 103 Å². The highest BCUT2D eigenvalue weighted by molar-refractivity contribution is 7.86. The zero-order chi connectivity index (χ0) is 13.5. The molecule has 8 heteroatoms. The van der Waals surface area contributed by atoms with Crippen molar-refractivity contribution in [3.8, 4) is 0 Å². The second-order valence-electron chi connectivity index (χ2n) is 3.53. The number of carbonyl (C=O) groups is 1. The number of aryl methyl sites for hydroxylation is 1. The second-order valence-corrected chi connectivity index (χ2v) is 4.95. The summed E-state index contributed by atoms with van der Waals surface area (Å²) in [7, 11) is -1.65. The smallest absolute Gasteiger partial charge is 0.422 e. The SMILES string of the molecule is Cn1c([S@@](=O)C(F)(F)C(=O)O)nc2ccccc21. The molecule has 1 aromatic heterocycles. The molecule has 0 spiro atoms. The highest BCUT2D eigenvalue weighted by Crippen LogP contribution is 2.26. The lowest BCUT2D eigenvalue weighted by Crippen LogP contribution is -2.34. The lowest BCUT2D eigenvalue weighted by atomic mass is 10.3. The Bertz CT molecular complexity index is 654. The van der Waals surface area contributed by atoms with Gasteiger partial charge in [-0.1, -0.05) is 12.1 Å². The Hall–Kier alpha value is -1.83. The Morgan fingerprint density at radius 3 is 2.61 bits per heavy atom. The van der Waals surface area contributed by atoms with E-state index in [-0.39, 0.29) is 0 Å². The lowest BCUT2D eigenvalue weighted by molar-refractivity contribution is -0.153. The zero-order valence-corrected chi connectivity index (χ0v) is 9.95. The first-order valence-corrected chi connectivity index (χ1v) is 5.95. The first-order chi connectivity index (χ1) is 8.35. The van der Waals surface area contributed by atoms with Crippen molar-refractivity contribution in [1.29, 1.82) is 0 Å². The van der Waals surface area contributed by atoms with Crippen LogP contribution in [-0.2, 0) is 22.6 Å². The van der Waals surface area contributed by atoms with Gasteiger partial charge in [-0.3, -0.25) is 0 Å². The van der Waals surface area contributed by atoms with Gasteiger partial charge in [-0.15, -0.1) is 0 Å². The van der Waals surface area contributed by atoms with Crippen LogP contribution in [0.4, 0.5) is 8.78 Å². The number of rotatable bonds is 3. The fourth-order valence-electron chi connectivity index (χ4n) is 1.48. The van der Waals surface area contributed by atoms with Crippen molar-refractivity contribution < 1.29 is 22.9 Å². The Kier molecular flexibility index (Phi) is 2.89. The van der Waals surface area contributed by atoms with Crippen LogP contribution < -0.4 is 0 Å². The number of carboxylic acids is 1. The Morgan fingerprint density at radius 2 is 2.06 bits per heavy atom. The van der Waals surface area contributed by atoms with Gasteiger partial charge in [0.25, 0.3) is 0 Å². The number of carboxylic acid groups (broad SMARTS) is 1. The predicted octanol–water partition coefficient (Wildman–Crippen LogP) is 1.36. The topological polar surface area (TPSA) is 72.2 Å². The molecule has 18 heavy (non-hydrogen) atoms. The van der Waals surface area contributed by atoms with Crippen LogP contribution in [0.5, 0.6) is 0 Å². The molecule has 0 fully saturated rings. The molecule has 1 atom stereocenters. The lowest BCUT2D eigenvalue weighted by Gasteiger charge is -2.09. The number of benzene rings is 1. The van der Waals surface area contributed by atoms with Crippen molar-refractivity contribution in [3.05, 3.63) is 24.3 Å². The monoisotopic (exact) mass is 274 g/mol. The summed E-state index contributed by atoms with van der Waals surface area (Å²) < 4.78 is 39.2. The summed E-state index contributed by atoms with van der Waals surface area (Å²) in [6, 6.07) is 6.50. The number of aliphatic carboxylic acids is 1. The van der Waals surface area contributed by atoms with Crippen LogP contribution in [0.15, 0.2) is 29.4 Å². The van der Waals surface area contributed by atoms with Crippen LogP contribution >= 0.6 is 0 Å². The molecule has 5 nitrogen and oxygen atoms in total. The van der Waals surface area contributed by atoms with Gasteiger partial charge in [0.2, 0.25) is 5.16 Å². The number of aromatic nitrogens is 2. The van der Waals surface area contributed by atoms with Crippen LogP contribution in [-0.4, -0.2) is 30.1 Å². The minimum atomic E-state index is -4.37. The van der Waals surface area contributed by atoms with Gasteiger partial charge in [-0.25, -0.2) is 14.0 Å². The molecule has 2 aromatic rings. The molecule has 0 aliphatic rings. The van der Waals surface area contributed by atoms with Gasteiger partial charge < -0.3 is 9.67 Å². The van der Waals surface area contributed by atoms with E-state index in [0.29, 0.717) is 11.0 Å². The van der Waals surface area contributed by atoms with Gasteiger partial charge >= 0.3 is 11.2 Å². The van der Waals surface area contributed by atoms with E-state index >= 15 is 0 Å². The van der Waals surface area contributed by atoms with Gasteiger partial charge in [0.15, 0.2) is 10.8 Å². The normalized spacial score (nSPS) is 13.7. The summed E-state index contributed by atoms with van der Waals surface area (Å²) in [4.78, 5) is 14.2. The summed E-state index contributed by atoms with van der Waals surface area (Å²) in [5, 5.41) is 3.52. The maximum Gasteiger partial charge on any atom is 0.422 e. The van der Waals surface area contributed by atoms with Gasteiger partial charge in [-0.05, 0) is 12.1 Å². The zero-order valence-electron chi connectivity index (χ0n) is 9.13. The van der Waals surface area contributed by atoms with Crippen molar-refractivity contribution in [1.82, 2.24) is 9.55 Å². The second kappa shape index (κ2) is 4.13. The predicted molar refractivity (Wildman–Crippen MR) is 59.7 cm³/mol. The fraction of sp³-hybridized carbons (Fsp3) is 0.200. The van der Waals surface area contributed by atoms with Crippen LogP contribution in [0.3, 0.4) is 0 Å². The van der Waals surface area contributed by atoms with Crippen molar-refractivity contribution in [2.45, 2.75) is 10.4 Å². The standard InChI is InChI=1S/C10H8F2N2O3S/c1-14-7-5-3-2-4-6(7)13-9(14)18(17)10(11,12)8(15)16/h2-5H,1H3,(H,15,16)/t18-/m1/s1. The average molecular weight is 274 g/mol. The van der Waals surface area contributed by atoms with Crippen molar-refractivity contribution in [3.63, 3.8) is 0 Å². The first-order valence-electron chi connectivity index (χ1n) is 4.80. The van der Waals surface area contributed by atoms with Crippen LogP contribution in [0.1, 0.15) is 0 Å². The van der Waals surface area contributed by atoms with Gasteiger partial charge in [0.05, 0.1) is 11.0 Å². The summed E-state index contributed by atoms with van der Waals surface area (Å²) in [5.74, 6) is -2.44. The summed E-state index contributed by atoms with van der Waals surface area (Å²) in [6.45, 7) is 0. The minimum absolute atomic E-state index is 0.379. The van der Waals surface area contributed by atoms with Crippen molar-refractivity contribution >= 4 is 27.8 Å². The molecule has 0 saturated heterocycles. The summed E-state index contributed by atoms with van der Waals surface area (Å²) in [5.41, 5.74) is 0.881. The van der Waals surface area contributed by atoms with E-state index in [4.69, 9.17) is 5.11 Å². The number of imidazole rings is 1. The average Bonchev–Trinajstić information content (AvgIpc) is 2.66. The molecule has 1 heterocycles. The number of para-hydroxylation sites is 2. The largest absolute Gasteiger partial charge is 0.476 e. The minimum Gasteiger partial charge on any atom is -0.476 e. The molecule has 0 amide bonds. The molecule has 2 rings (SSSR count). The molecule has 1 N–H and O–H groups in total. The van der Waals surface area contributed by atoms with E-state index in [9.17, 15) is 17.8 Å². The van der Waals surface area contributed by atoms with Gasteiger partial charge in [-0.2, -0.15) is 8.78 Å². The fourth-order valence-corrected chi connectivity index (χ4v) is 2.40. The number of alkyl halides is 2. The van der Waals surface area contributed by atoms with E-state index in [2.05, 4.69) is 4.98 Å². The molecule has 0 radical (unpaired) electrons. The Balaban J connectivity index is 2.59. The molecule has 0 aliphatic heterocycles. The maximum atomic E-state index is 13.2. The Morgan fingerprint density at radius 1 is 1.44 bits per heavy atom. The molecule has 96 valence electrons. The number of nitrogens with zero attached hydrogens (tertiary/aromatic N) is 2. The van der Waals surface area contributed by atoms with E-state index in [1.807, 2.05) is 0 Å². The van der Waals surface area contributed by atoms with Crippen molar-refractivity contribution in [2.24, 2.45) is 7.05 Å². The molecule has 0 saturated carbocycles. The molecule has 0 aliphatic carbocycles. The van der Waals surface area contributed by atoms with Crippen LogP contribution in [0, 0.1) is 0 Å². The number of fused-ring (bicyclic) bond motifs is 1. The van der Waals surface area contributed by atoms with Gasteiger partial charge in [0, 0.05) is 7.05 Å². The van der Waals surface area contributed by atoms with E-state index < -0.39 is 27.2 Å². The summed E-state index contributed by atoms with van der Waals surface area (Å²) in [6.07, 6.45) is 0. The molecule has 0 unspecified atom stereocenters. The number of hydrogen-bond donors (Lipinski definition) is 1. The van der Waals surface area contributed by atoms with Crippen LogP contribution in [0.2, 0.25) is 0 Å². The maximum absolute atomic E-state index is 13.2. The summed E-state index contributed by atoms with van der Waals surface area (Å²) >= 11 is 0. The van der Waals surface area contributed by atoms with E-state index in [1.54, 1.807) is 24.3 Å². The molecule has 0 bridgehead atoms. The molecular formula is C10H8F2N2O3S. The van der Waals surface area contributed by atoms with Crippen molar-refractivity contribution in [2.75, 3.05) is 0 Å². The number of hydrogen-bond acceptors (Lipinski definition) is 3. The third-order valence-electron chi connectivity index (χ3n) is 2.39. The van der Waals surface area contributed by atoms with E-state index in [0.717, 1.165) is 0 Å². The highest BCUT2D eigenvalue weighted by Gasteiger charge is 2.48. The van der Waals surface area contributed by atoms with E-state index in [1.165, 1.54) is 11.6 Å². The molecule has 1 aromatic carbocycles. The molecular weight excluding hydrogens is 266 g/mol. The third kappa shape index (κ3) is 1.78. The van der Waals surface area contributed by atoms with Crippen LogP contribution in [0.25, 0.3) is 11.0 Å². The third-order valence-corrected chi connectivity index (χ3v) is 3.73.